The SMILES string of the molecule is NC(=O)CN1C(=O)N[C@@H]2CNCC[C@@H]21. The highest BCUT2D eigenvalue weighted by Gasteiger charge is 2.40. The van der Waals surface area contributed by atoms with Gasteiger partial charge in [0, 0.05) is 6.54 Å². The van der Waals surface area contributed by atoms with Gasteiger partial charge in [0.05, 0.1) is 12.1 Å². The number of nitrogens with one attached hydrogen (secondary N) is 2. The summed E-state index contributed by atoms with van der Waals surface area (Å²) in [4.78, 5) is 23.8. The maximum Gasteiger partial charge on any atom is 0.318 e. The van der Waals surface area contributed by atoms with Crippen LogP contribution >= 0.6 is 0 Å². The van der Waals surface area contributed by atoms with Crippen molar-refractivity contribution < 1.29 is 9.59 Å². The van der Waals surface area contributed by atoms with E-state index in [-0.39, 0.29) is 24.7 Å². The Labute approximate surface area is 81.8 Å². The lowest BCUT2D eigenvalue weighted by Gasteiger charge is -2.29. The second-order valence-electron chi connectivity index (χ2n) is 3.71. The van der Waals surface area contributed by atoms with Gasteiger partial charge in [0.25, 0.3) is 0 Å². The first-order valence-electron chi connectivity index (χ1n) is 4.74. The molecule has 0 aliphatic carbocycles. The maximum atomic E-state index is 11.5. The minimum Gasteiger partial charge on any atom is -0.368 e. The molecule has 6 nitrogen and oxygen atoms in total. The average molecular weight is 198 g/mol. The van der Waals surface area contributed by atoms with E-state index < -0.39 is 5.91 Å². The quantitative estimate of drug-likeness (QED) is 0.490. The number of urea groups is 1. The molecule has 0 radical (unpaired) electrons. The Bertz CT molecular complexity index is 268. The number of fused-ring (bicyclic) bond motifs is 1. The van der Waals surface area contributed by atoms with Gasteiger partial charge in [0.2, 0.25) is 5.91 Å². The fourth-order valence-electron chi connectivity index (χ4n) is 2.11. The highest BCUT2D eigenvalue weighted by Crippen LogP contribution is 2.18. The Balaban J connectivity index is 2.07. The summed E-state index contributed by atoms with van der Waals surface area (Å²) < 4.78 is 0. The van der Waals surface area contributed by atoms with Crippen molar-refractivity contribution in [3.8, 4) is 0 Å². The standard InChI is InChI=1S/C8H14N4O2/c9-7(13)4-12-6-1-2-10-3-5(6)11-8(12)14/h5-6,10H,1-4H2,(H2,9,13)(H,11,14)/t5-,6+/m1/s1. The summed E-state index contributed by atoms with van der Waals surface area (Å²) in [6.07, 6.45) is 0.872. The molecule has 2 aliphatic heterocycles. The molecule has 2 heterocycles. The molecule has 0 aromatic carbocycles. The number of hydrogen-bond acceptors (Lipinski definition) is 3. The molecule has 14 heavy (non-hydrogen) atoms. The van der Waals surface area contributed by atoms with Crippen LogP contribution in [0.4, 0.5) is 4.79 Å². The van der Waals surface area contributed by atoms with Gasteiger partial charge in [-0.15, -0.1) is 0 Å². The summed E-state index contributed by atoms with van der Waals surface area (Å²) in [7, 11) is 0. The van der Waals surface area contributed by atoms with E-state index in [4.69, 9.17) is 5.73 Å². The van der Waals surface area contributed by atoms with Crippen LogP contribution in [0.15, 0.2) is 0 Å². The summed E-state index contributed by atoms with van der Waals surface area (Å²) in [6, 6.07) is 0.0642. The molecular weight excluding hydrogens is 184 g/mol. The Morgan fingerprint density at radius 3 is 3.14 bits per heavy atom. The molecule has 0 spiro atoms. The number of carbonyl (C=O) groups is 2. The van der Waals surface area contributed by atoms with Gasteiger partial charge in [-0.1, -0.05) is 0 Å². The van der Waals surface area contributed by atoms with Crippen LogP contribution < -0.4 is 16.4 Å². The number of hydrogen-bond donors (Lipinski definition) is 3. The zero-order valence-corrected chi connectivity index (χ0v) is 7.82. The molecule has 3 amide bonds. The molecular formula is C8H14N4O2. The first kappa shape index (κ1) is 9.26. The normalized spacial score (nSPS) is 31.1. The molecule has 78 valence electrons. The molecule has 2 fully saturated rings. The Morgan fingerprint density at radius 2 is 2.43 bits per heavy atom. The van der Waals surface area contributed by atoms with Gasteiger partial charge in [-0.05, 0) is 13.0 Å². The number of nitrogens with two attached hydrogens (primary N) is 1. The summed E-state index contributed by atoms with van der Waals surface area (Å²) >= 11 is 0. The summed E-state index contributed by atoms with van der Waals surface area (Å²) in [5, 5.41) is 6.02. The summed E-state index contributed by atoms with van der Waals surface area (Å²) in [5.74, 6) is -0.459. The molecule has 6 heteroatoms. The minimum absolute atomic E-state index is 0.0208. The third-order valence-corrected chi connectivity index (χ3v) is 2.74. The van der Waals surface area contributed by atoms with Crippen LogP contribution in [0.5, 0.6) is 0 Å². The number of amides is 3. The third-order valence-electron chi connectivity index (χ3n) is 2.74. The lowest BCUT2D eigenvalue weighted by atomic mass is 10.0. The lowest BCUT2D eigenvalue weighted by Crippen LogP contribution is -2.50. The van der Waals surface area contributed by atoms with E-state index in [2.05, 4.69) is 10.6 Å². The van der Waals surface area contributed by atoms with E-state index in [0.717, 1.165) is 19.5 Å². The smallest absolute Gasteiger partial charge is 0.318 e. The van der Waals surface area contributed by atoms with Crippen molar-refractivity contribution in [2.75, 3.05) is 19.6 Å². The predicted molar refractivity (Wildman–Crippen MR) is 49.5 cm³/mol. The zero-order chi connectivity index (χ0) is 10.1. The van der Waals surface area contributed by atoms with Gasteiger partial charge in [-0.3, -0.25) is 4.79 Å². The predicted octanol–water partition coefficient (Wildman–Crippen LogP) is -1.77. The first-order valence-corrected chi connectivity index (χ1v) is 4.74. The van der Waals surface area contributed by atoms with Crippen molar-refractivity contribution in [3.05, 3.63) is 0 Å². The van der Waals surface area contributed by atoms with Crippen molar-refractivity contribution >= 4 is 11.9 Å². The second kappa shape index (κ2) is 3.45. The van der Waals surface area contributed by atoms with Gasteiger partial charge in [0.15, 0.2) is 0 Å². The monoisotopic (exact) mass is 198 g/mol. The molecule has 0 aromatic rings. The molecule has 2 aliphatic rings. The molecule has 2 rings (SSSR count). The Kier molecular flexibility index (Phi) is 2.28. The highest BCUT2D eigenvalue weighted by atomic mass is 16.2. The van der Waals surface area contributed by atoms with E-state index >= 15 is 0 Å². The van der Waals surface area contributed by atoms with E-state index in [1.807, 2.05) is 0 Å². The van der Waals surface area contributed by atoms with Crippen LogP contribution in [0.3, 0.4) is 0 Å². The van der Waals surface area contributed by atoms with Crippen molar-refractivity contribution in [2.24, 2.45) is 5.73 Å². The molecule has 0 saturated carbocycles. The molecule has 0 unspecified atom stereocenters. The van der Waals surface area contributed by atoms with Crippen LogP contribution in [-0.2, 0) is 4.79 Å². The Morgan fingerprint density at radius 1 is 1.64 bits per heavy atom. The number of carbonyl (C=O) groups excluding carboxylic acids is 2. The second-order valence-corrected chi connectivity index (χ2v) is 3.71. The summed E-state index contributed by atoms with van der Waals surface area (Å²) in [6.45, 7) is 1.67. The van der Waals surface area contributed by atoms with Crippen molar-refractivity contribution in [2.45, 2.75) is 18.5 Å². The van der Waals surface area contributed by atoms with Gasteiger partial charge in [-0.25, -0.2) is 4.79 Å². The first-order chi connectivity index (χ1) is 6.68. The van der Waals surface area contributed by atoms with Crippen LogP contribution in [0.1, 0.15) is 6.42 Å². The fourth-order valence-corrected chi connectivity index (χ4v) is 2.11. The molecule has 0 aromatic heterocycles. The number of rotatable bonds is 2. The maximum absolute atomic E-state index is 11.5. The minimum atomic E-state index is -0.459. The average Bonchev–Trinajstić information content (AvgIpc) is 2.43. The van der Waals surface area contributed by atoms with Crippen molar-refractivity contribution in [1.29, 1.82) is 0 Å². The van der Waals surface area contributed by atoms with Crippen LogP contribution in [0.2, 0.25) is 0 Å². The van der Waals surface area contributed by atoms with Crippen LogP contribution in [0.25, 0.3) is 0 Å². The molecule has 4 N–H and O–H groups in total. The van der Waals surface area contributed by atoms with E-state index in [1.54, 1.807) is 0 Å². The fraction of sp³-hybridized carbons (Fsp3) is 0.750. The van der Waals surface area contributed by atoms with Crippen LogP contribution in [0, 0.1) is 0 Å². The van der Waals surface area contributed by atoms with Gasteiger partial charge in [-0.2, -0.15) is 0 Å². The molecule has 2 saturated heterocycles. The van der Waals surface area contributed by atoms with Gasteiger partial charge >= 0.3 is 6.03 Å². The third kappa shape index (κ3) is 1.52. The largest absolute Gasteiger partial charge is 0.368 e. The zero-order valence-electron chi connectivity index (χ0n) is 7.82. The topological polar surface area (TPSA) is 87.5 Å². The van der Waals surface area contributed by atoms with E-state index in [1.165, 1.54) is 4.90 Å². The highest BCUT2D eigenvalue weighted by molar-refractivity contribution is 5.84. The molecule has 2 atom stereocenters. The molecule has 0 bridgehead atoms. The number of nitrogens with zero attached hydrogens (tertiary/aromatic N) is 1. The van der Waals surface area contributed by atoms with Gasteiger partial charge < -0.3 is 21.3 Å². The lowest BCUT2D eigenvalue weighted by molar-refractivity contribution is -0.118. The Hall–Kier alpha value is -1.30. The number of piperidine rings is 1. The number of primary amides is 1. The van der Waals surface area contributed by atoms with Crippen molar-refractivity contribution in [1.82, 2.24) is 15.5 Å². The van der Waals surface area contributed by atoms with Gasteiger partial charge in [0.1, 0.15) is 6.54 Å². The van der Waals surface area contributed by atoms with E-state index in [9.17, 15) is 9.59 Å². The van der Waals surface area contributed by atoms with E-state index in [0.29, 0.717) is 0 Å². The summed E-state index contributed by atoms with van der Waals surface area (Å²) in [5.41, 5.74) is 5.08. The van der Waals surface area contributed by atoms with Crippen LogP contribution in [-0.4, -0.2) is 48.6 Å². The van der Waals surface area contributed by atoms with Crippen molar-refractivity contribution in [3.63, 3.8) is 0 Å².